The first kappa shape index (κ1) is 19.6. The van der Waals surface area contributed by atoms with Crippen molar-refractivity contribution in [2.75, 3.05) is 26.8 Å². The van der Waals surface area contributed by atoms with Crippen molar-refractivity contribution in [1.29, 1.82) is 0 Å². The smallest absolute Gasteiger partial charge is 0.191 e. The zero-order valence-corrected chi connectivity index (χ0v) is 15.9. The molecule has 0 aromatic heterocycles. The van der Waals surface area contributed by atoms with Crippen LogP contribution in [0, 0.1) is 0 Å². The molecule has 0 saturated heterocycles. The monoisotopic (exact) mass is 355 g/mol. The summed E-state index contributed by atoms with van der Waals surface area (Å²) < 4.78 is 11.3. The molecule has 0 fully saturated rings. The molecule has 0 aliphatic heterocycles. The molecule has 0 unspecified atom stereocenters. The van der Waals surface area contributed by atoms with Crippen molar-refractivity contribution < 1.29 is 9.47 Å². The van der Waals surface area contributed by atoms with Crippen molar-refractivity contribution in [3.8, 4) is 11.5 Å². The maximum atomic E-state index is 5.67. The van der Waals surface area contributed by atoms with Crippen molar-refractivity contribution in [3.05, 3.63) is 59.7 Å². The van der Waals surface area contributed by atoms with Crippen LogP contribution in [0.2, 0.25) is 0 Å². The Morgan fingerprint density at radius 1 is 0.846 bits per heavy atom. The molecule has 0 aliphatic carbocycles. The topological polar surface area (TPSA) is 54.9 Å². The Bertz CT molecular complexity index is 701. The van der Waals surface area contributed by atoms with E-state index in [9.17, 15) is 0 Å². The van der Waals surface area contributed by atoms with Crippen LogP contribution in [0.3, 0.4) is 0 Å². The molecule has 0 bridgehead atoms. The molecule has 140 valence electrons. The van der Waals surface area contributed by atoms with Gasteiger partial charge in [0.2, 0.25) is 0 Å². The number of nitrogens with one attached hydrogen (secondary N) is 2. The number of guanidine groups is 1. The van der Waals surface area contributed by atoms with Crippen LogP contribution >= 0.6 is 0 Å². The van der Waals surface area contributed by atoms with Gasteiger partial charge in [0, 0.05) is 25.7 Å². The molecule has 2 rings (SSSR count). The first-order valence-corrected chi connectivity index (χ1v) is 9.14. The molecule has 0 amide bonds. The second-order valence-corrected chi connectivity index (χ2v) is 5.68. The summed E-state index contributed by atoms with van der Waals surface area (Å²) in [6.45, 7) is 6.75. The van der Waals surface area contributed by atoms with Crippen LogP contribution in [0.15, 0.2) is 53.5 Å². The summed E-state index contributed by atoms with van der Waals surface area (Å²) >= 11 is 0. The third-order valence-electron chi connectivity index (χ3n) is 3.90. The predicted octanol–water partition coefficient (Wildman–Crippen LogP) is 3.39. The number of aliphatic imine (C=N–C) groups is 1. The molecule has 0 aliphatic rings. The second kappa shape index (κ2) is 11.0. The van der Waals surface area contributed by atoms with Gasteiger partial charge in [-0.25, -0.2) is 0 Å². The Balaban J connectivity index is 1.85. The number of hydrogen-bond donors (Lipinski definition) is 2. The van der Waals surface area contributed by atoms with E-state index < -0.39 is 0 Å². The van der Waals surface area contributed by atoms with Crippen LogP contribution < -0.4 is 20.1 Å². The summed E-state index contributed by atoms with van der Waals surface area (Å²) in [4.78, 5) is 4.29. The van der Waals surface area contributed by atoms with Crippen LogP contribution in [0.1, 0.15) is 25.0 Å². The summed E-state index contributed by atoms with van der Waals surface area (Å²) in [5.41, 5.74) is 2.30. The molecular weight excluding hydrogens is 326 g/mol. The third kappa shape index (κ3) is 5.99. The van der Waals surface area contributed by atoms with E-state index in [1.165, 1.54) is 5.56 Å². The van der Waals surface area contributed by atoms with Crippen molar-refractivity contribution >= 4 is 5.96 Å². The van der Waals surface area contributed by atoms with Gasteiger partial charge in [0.25, 0.3) is 0 Å². The van der Waals surface area contributed by atoms with Gasteiger partial charge in [0.05, 0.1) is 13.2 Å². The normalized spacial score (nSPS) is 11.1. The Kier molecular flexibility index (Phi) is 8.33. The lowest BCUT2D eigenvalue weighted by Gasteiger charge is -2.15. The zero-order valence-electron chi connectivity index (χ0n) is 15.9. The maximum absolute atomic E-state index is 5.67. The van der Waals surface area contributed by atoms with Gasteiger partial charge in [-0.15, -0.1) is 0 Å². The average molecular weight is 355 g/mol. The molecule has 0 atom stereocenters. The lowest BCUT2D eigenvalue weighted by molar-refractivity contribution is 0.336. The van der Waals surface area contributed by atoms with Gasteiger partial charge in [0.15, 0.2) is 5.96 Å². The summed E-state index contributed by atoms with van der Waals surface area (Å²) in [5, 5.41) is 6.69. The van der Waals surface area contributed by atoms with Gasteiger partial charge in [-0.05, 0) is 38.0 Å². The fraction of sp³-hybridized carbons (Fsp3) is 0.381. The van der Waals surface area contributed by atoms with Gasteiger partial charge in [-0.2, -0.15) is 0 Å². The molecule has 2 N–H and O–H groups in total. The molecule has 0 heterocycles. The van der Waals surface area contributed by atoms with E-state index in [-0.39, 0.29) is 0 Å². The van der Waals surface area contributed by atoms with E-state index in [2.05, 4.69) is 27.8 Å². The summed E-state index contributed by atoms with van der Waals surface area (Å²) in [6.07, 6.45) is 0.867. The first-order chi connectivity index (χ1) is 12.8. The van der Waals surface area contributed by atoms with Crippen LogP contribution in [0.4, 0.5) is 0 Å². The second-order valence-electron chi connectivity index (χ2n) is 5.68. The minimum absolute atomic E-state index is 0.656. The van der Waals surface area contributed by atoms with Crippen molar-refractivity contribution in [2.24, 2.45) is 4.99 Å². The molecule has 5 heteroatoms. The summed E-state index contributed by atoms with van der Waals surface area (Å²) in [6, 6.07) is 16.2. The molecule has 2 aromatic rings. The summed E-state index contributed by atoms with van der Waals surface area (Å²) in [5.74, 6) is 2.62. The van der Waals surface area contributed by atoms with Gasteiger partial charge in [0.1, 0.15) is 11.5 Å². The lowest BCUT2D eigenvalue weighted by atomic mass is 10.1. The Morgan fingerprint density at radius 2 is 1.42 bits per heavy atom. The Morgan fingerprint density at radius 3 is 2.04 bits per heavy atom. The van der Waals surface area contributed by atoms with E-state index in [4.69, 9.17) is 9.47 Å². The molecule has 0 spiro atoms. The predicted molar refractivity (Wildman–Crippen MR) is 107 cm³/mol. The van der Waals surface area contributed by atoms with Crippen molar-refractivity contribution in [3.63, 3.8) is 0 Å². The van der Waals surface area contributed by atoms with Crippen molar-refractivity contribution in [1.82, 2.24) is 10.6 Å². The van der Waals surface area contributed by atoms with Gasteiger partial charge in [-0.3, -0.25) is 4.99 Å². The first-order valence-electron chi connectivity index (χ1n) is 9.14. The number of para-hydroxylation sites is 2. The number of rotatable bonds is 9. The molecule has 5 nitrogen and oxygen atoms in total. The van der Waals surface area contributed by atoms with Crippen molar-refractivity contribution in [2.45, 2.75) is 26.8 Å². The summed E-state index contributed by atoms with van der Waals surface area (Å²) in [7, 11) is 1.78. The van der Waals surface area contributed by atoms with Crippen LogP contribution in [-0.2, 0) is 13.0 Å². The fourth-order valence-electron chi connectivity index (χ4n) is 2.67. The lowest BCUT2D eigenvalue weighted by Crippen LogP contribution is -2.38. The SMILES string of the molecule is CCOc1ccccc1CCNC(=NC)NCc1ccccc1OCC. The Hall–Kier alpha value is -2.69. The minimum atomic E-state index is 0.656. The number of benzene rings is 2. The van der Waals surface area contributed by atoms with E-state index in [1.54, 1.807) is 7.05 Å². The molecule has 0 saturated carbocycles. The molecule has 26 heavy (non-hydrogen) atoms. The number of hydrogen-bond acceptors (Lipinski definition) is 3. The van der Waals surface area contributed by atoms with Gasteiger partial charge in [-0.1, -0.05) is 36.4 Å². The fourth-order valence-corrected chi connectivity index (χ4v) is 2.67. The van der Waals surface area contributed by atoms with Gasteiger partial charge < -0.3 is 20.1 Å². The Labute approximate surface area is 156 Å². The average Bonchev–Trinajstić information content (AvgIpc) is 2.67. The number of ether oxygens (including phenoxy) is 2. The third-order valence-corrected chi connectivity index (χ3v) is 3.90. The maximum Gasteiger partial charge on any atom is 0.191 e. The van der Waals surface area contributed by atoms with E-state index in [1.807, 2.05) is 50.2 Å². The molecule has 2 aromatic carbocycles. The van der Waals surface area contributed by atoms with Crippen LogP contribution in [0.25, 0.3) is 0 Å². The highest BCUT2D eigenvalue weighted by molar-refractivity contribution is 5.79. The van der Waals surface area contributed by atoms with E-state index in [0.717, 1.165) is 36.0 Å². The van der Waals surface area contributed by atoms with E-state index >= 15 is 0 Å². The quantitative estimate of drug-likeness (QED) is 0.535. The highest BCUT2D eigenvalue weighted by Gasteiger charge is 2.05. The zero-order chi connectivity index (χ0) is 18.6. The minimum Gasteiger partial charge on any atom is -0.494 e. The standard InChI is InChI=1S/C21H29N3O2/c1-4-25-19-12-8-6-10-17(19)14-15-23-21(22-3)24-16-18-11-7-9-13-20(18)26-5-2/h6-13H,4-5,14-16H2,1-3H3,(H2,22,23,24). The largest absolute Gasteiger partial charge is 0.494 e. The van der Waals surface area contributed by atoms with Crippen LogP contribution in [0.5, 0.6) is 11.5 Å². The molecular formula is C21H29N3O2. The van der Waals surface area contributed by atoms with Crippen LogP contribution in [-0.4, -0.2) is 32.8 Å². The van der Waals surface area contributed by atoms with Gasteiger partial charge >= 0.3 is 0 Å². The number of nitrogens with zero attached hydrogens (tertiary/aromatic N) is 1. The molecule has 0 radical (unpaired) electrons. The highest BCUT2D eigenvalue weighted by atomic mass is 16.5. The van der Waals surface area contributed by atoms with E-state index in [0.29, 0.717) is 19.8 Å². The highest BCUT2D eigenvalue weighted by Crippen LogP contribution is 2.18.